The van der Waals surface area contributed by atoms with Crippen molar-refractivity contribution in [2.75, 3.05) is 5.32 Å². The molecule has 3 rings (SSSR count). The van der Waals surface area contributed by atoms with E-state index in [0.717, 1.165) is 23.6 Å². The van der Waals surface area contributed by atoms with Crippen molar-refractivity contribution in [2.45, 2.75) is 39.0 Å². The number of hydrogen-bond acceptors (Lipinski definition) is 7. The van der Waals surface area contributed by atoms with Gasteiger partial charge in [-0.1, -0.05) is 91.5 Å². The van der Waals surface area contributed by atoms with Crippen LogP contribution in [0.2, 0.25) is 0 Å². The molecule has 1 unspecified atom stereocenters. The van der Waals surface area contributed by atoms with Crippen LogP contribution in [0.4, 0.5) is 5.69 Å². The Labute approximate surface area is 229 Å². The van der Waals surface area contributed by atoms with E-state index in [0.29, 0.717) is 10.5 Å². The zero-order valence-corrected chi connectivity index (χ0v) is 22.7. The Morgan fingerprint density at radius 2 is 1.87 bits per heavy atom. The van der Waals surface area contributed by atoms with Crippen LogP contribution >= 0.6 is 11.8 Å². The minimum Gasteiger partial charge on any atom is -0.461 e. The molecule has 38 heavy (non-hydrogen) atoms. The summed E-state index contributed by atoms with van der Waals surface area (Å²) in [6, 6.07) is 18.7. The highest BCUT2D eigenvalue weighted by atomic mass is 32.2. The molecule has 0 fully saturated rings. The summed E-state index contributed by atoms with van der Waals surface area (Å²) in [5, 5.41) is 24.8. The van der Waals surface area contributed by atoms with Crippen molar-refractivity contribution in [1.82, 2.24) is 0 Å². The molecule has 1 aliphatic rings. The topological polar surface area (TPSA) is 94.7 Å². The molecule has 7 heteroatoms. The Morgan fingerprint density at radius 1 is 1.13 bits per heavy atom. The van der Waals surface area contributed by atoms with Crippen molar-refractivity contribution < 1.29 is 14.7 Å². The van der Waals surface area contributed by atoms with E-state index in [1.165, 1.54) is 23.9 Å². The van der Waals surface area contributed by atoms with Crippen molar-refractivity contribution in [1.29, 1.82) is 5.26 Å². The second-order valence-corrected chi connectivity index (χ2v) is 9.04. The summed E-state index contributed by atoms with van der Waals surface area (Å²) in [5.41, 5.74) is 1.83. The number of nitrogens with one attached hydrogen (secondary N) is 1. The maximum Gasteiger partial charge on any atom is 0.192 e. The molecule has 0 radical (unpaired) electrons. The number of ketones is 1. The van der Waals surface area contributed by atoms with Gasteiger partial charge in [0.2, 0.25) is 0 Å². The molecule has 0 saturated carbocycles. The van der Waals surface area contributed by atoms with Gasteiger partial charge in [-0.25, -0.2) is 0 Å². The van der Waals surface area contributed by atoms with Gasteiger partial charge in [-0.15, -0.1) is 0 Å². The number of rotatable bonds is 11. The molecule has 196 valence electrons. The fourth-order valence-electron chi connectivity index (χ4n) is 3.24. The summed E-state index contributed by atoms with van der Waals surface area (Å²) in [5.74, 6) is 1.33. The predicted octanol–water partition coefficient (Wildman–Crippen LogP) is 7.78. The quantitative estimate of drug-likeness (QED) is 0.102. The minimum absolute atomic E-state index is 0.112. The molecule has 0 heterocycles. The molecule has 1 aliphatic carbocycles. The highest BCUT2D eigenvalue weighted by Crippen LogP contribution is 2.27. The lowest BCUT2D eigenvalue weighted by molar-refractivity contribution is -0.110. The number of hydrogen-bond donors (Lipinski definition) is 2. The Bertz CT molecular complexity index is 1250. The Hall–Kier alpha value is -4.28. The summed E-state index contributed by atoms with van der Waals surface area (Å²) in [4.78, 5) is 13.3. The number of carbonyl (C=O) groups is 1. The third-order valence-electron chi connectivity index (χ3n) is 4.93. The maximum absolute atomic E-state index is 12.9. The van der Waals surface area contributed by atoms with Crippen LogP contribution in [0.15, 0.2) is 119 Å². The molecule has 0 aromatic heterocycles. The summed E-state index contributed by atoms with van der Waals surface area (Å²) in [6.45, 7) is 5.94. The van der Waals surface area contributed by atoms with Gasteiger partial charge < -0.3 is 15.3 Å². The minimum atomic E-state index is -0.274. The van der Waals surface area contributed by atoms with Gasteiger partial charge in [-0.05, 0) is 49.4 Å². The van der Waals surface area contributed by atoms with Crippen molar-refractivity contribution >= 4 is 28.9 Å². The van der Waals surface area contributed by atoms with Gasteiger partial charge in [-0.3, -0.25) is 4.79 Å². The third kappa shape index (κ3) is 10.4. The molecule has 0 aliphatic heterocycles. The zero-order valence-electron chi connectivity index (χ0n) is 21.9. The van der Waals surface area contributed by atoms with Gasteiger partial charge in [0.25, 0.3) is 0 Å². The van der Waals surface area contributed by atoms with Crippen LogP contribution in [0, 0.1) is 11.3 Å². The Kier molecular flexibility index (Phi) is 13.6. The number of ether oxygens (including phenoxy) is 1. The molecular weight excluding hydrogens is 494 g/mol. The number of benzene rings is 2. The molecule has 0 bridgehead atoms. The molecule has 2 aromatic rings. The van der Waals surface area contributed by atoms with E-state index >= 15 is 0 Å². The molecule has 2 aromatic carbocycles. The lowest BCUT2D eigenvalue weighted by Gasteiger charge is -2.16. The lowest BCUT2D eigenvalue weighted by Crippen LogP contribution is -2.13. The summed E-state index contributed by atoms with van der Waals surface area (Å²) in [7, 11) is 0. The number of allylic oxidation sites excluding steroid dienone is 9. The third-order valence-corrected chi connectivity index (χ3v) is 6.02. The van der Waals surface area contributed by atoms with Crippen molar-refractivity contribution in [2.24, 2.45) is 5.16 Å². The molecule has 0 amide bonds. The Morgan fingerprint density at radius 3 is 2.55 bits per heavy atom. The monoisotopic (exact) mass is 527 g/mol. The van der Waals surface area contributed by atoms with Gasteiger partial charge in [0.15, 0.2) is 5.78 Å². The molecule has 0 spiro atoms. The largest absolute Gasteiger partial charge is 0.461 e. The van der Waals surface area contributed by atoms with E-state index in [4.69, 9.17) is 10.00 Å². The van der Waals surface area contributed by atoms with Crippen LogP contribution in [-0.4, -0.2) is 22.1 Å². The van der Waals surface area contributed by atoms with E-state index in [-0.39, 0.29) is 23.3 Å². The van der Waals surface area contributed by atoms with Gasteiger partial charge in [0, 0.05) is 17.7 Å². The van der Waals surface area contributed by atoms with Crippen LogP contribution in [0.5, 0.6) is 5.75 Å². The molecule has 6 nitrogen and oxygen atoms in total. The lowest BCUT2D eigenvalue weighted by atomic mass is 10.1. The SMILES string of the molecule is CC.CC(Nc1ccc(OC2=CC=CC=CC2)cc1)S/C(=C\CC#N)C(=O)/C=C/C(=N\O)c1ccccc1. The predicted molar refractivity (Wildman–Crippen MR) is 157 cm³/mol. The fourth-order valence-corrected chi connectivity index (χ4v) is 4.18. The van der Waals surface area contributed by atoms with Crippen LogP contribution in [-0.2, 0) is 4.79 Å². The van der Waals surface area contributed by atoms with Gasteiger partial charge in [-0.2, -0.15) is 5.26 Å². The van der Waals surface area contributed by atoms with E-state index in [1.807, 2.05) is 99.7 Å². The van der Waals surface area contributed by atoms with Crippen LogP contribution in [0.1, 0.15) is 39.2 Å². The molecule has 2 N–H and O–H groups in total. The first-order valence-electron chi connectivity index (χ1n) is 12.4. The number of carbonyl (C=O) groups excluding carboxylic acids is 1. The van der Waals surface area contributed by atoms with Crippen molar-refractivity contribution in [3.8, 4) is 11.8 Å². The molecule has 1 atom stereocenters. The normalized spacial score (nSPS) is 14.0. The van der Waals surface area contributed by atoms with Crippen molar-refractivity contribution in [3.05, 3.63) is 119 Å². The number of anilines is 1. The van der Waals surface area contributed by atoms with E-state index in [2.05, 4.69) is 10.5 Å². The molecule has 0 saturated heterocycles. The second kappa shape index (κ2) is 17.2. The standard InChI is InChI=1S/C29H27N3O3S.C2H6/c1-22(31-24-15-17-26(18-16-24)35-25-12-7-2-3-8-13-25)36-29(14-9-21-30)28(33)20-19-27(32-34)23-10-5-4-6-11-23;1-2/h2-8,10-12,14-20,22,31,34H,9,13H2,1H3;1-2H3/b20-19+,29-14-,32-27+;. The first kappa shape index (κ1) is 29.9. The van der Waals surface area contributed by atoms with E-state index in [1.54, 1.807) is 18.2 Å². The summed E-state index contributed by atoms with van der Waals surface area (Å²) >= 11 is 1.32. The first-order chi connectivity index (χ1) is 18.6. The zero-order chi connectivity index (χ0) is 27.6. The van der Waals surface area contributed by atoms with Crippen LogP contribution in [0.3, 0.4) is 0 Å². The summed E-state index contributed by atoms with van der Waals surface area (Å²) < 4.78 is 5.93. The van der Waals surface area contributed by atoms with Gasteiger partial charge >= 0.3 is 0 Å². The van der Waals surface area contributed by atoms with Gasteiger partial charge in [0.05, 0.1) is 22.8 Å². The van der Waals surface area contributed by atoms with Crippen LogP contribution in [0.25, 0.3) is 0 Å². The number of nitrogens with zero attached hydrogens (tertiary/aromatic N) is 2. The van der Waals surface area contributed by atoms with E-state index in [9.17, 15) is 10.0 Å². The number of oxime groups is 1. The smallest absolute Gasteiger partial charge is 0.192 e. The highest BCUT2D eigenvalue weighted by Gasteiger charge is 2.13. The first-order valence-corrected chi connectivity index (χ1v) is 13.3. The second-order valence-electron chi connectivity index (χ2n) is 7.66. The highest BCUT2D eigenvalue weighted by molar-refractivity contribution is 8.04. The van der Waals surface area contributed by atoms with Gasteiger partial charge in [0.1, 0.15) is 17.2 Å². The number of nitriles is 1. The average molecular weight is 528 g/mol. The number of thioether (sulfide) groups is 1. The van der Waals surface area contributed by atoms with Crippen molar-refractivity contribution in [3.63, 3.8) is 0 Å². The molecular formula is C31H33N3O3S. The summed E-state index contributed by atoms with van der Waals surface area (Å²) in [6.07, 6.45) is 15.1. The van der Waals surface area contributed by atoms with Crippen LogP contribution < -0.4 is 10.1 Å². The average Bonchev–Trinajstić information content (AvgIpc) is 3.22. The fraction of sp³-hybridized carbons (Fsp3) is 0.194. The van der Waals surface area contributed by atoms with E-state index < -0.39 is 0 Å². The maximum atomic E-state index is 12.9. The Balaban J connectivity index is 0.00000247.